The molecule has 0 aliphatic carbocycles. The normalized spacial score (nSPS) is 17.8. The minimum atomic E-state index is -4.48. The predicted molar refractivity (Wildman–Crippen MR) is 91.7 cm³/mol. The van der Waals surface area contributed by atoms with Gasteiger partial charge in [0.15, 0.2) is 5.82 Å². The first-order valence-corrected chi connectivity index (χ1v) is 8.62. The molecule has 2 aromatic heterocycles. The van der Waals surface area contributed by atoms with E-state index in [1.807, 2.05) is 0 Å². The second kappa shape index (κ2) is 7.53. The molecular weight excluding hydrogens is 361 g/mol. The summed E-state index contributed by atoms with van der Waals surface area (Å²) in [6, 6.07) is 2.29. The quantitative estimate of drug-likeness (QED) is 0.810. The van der Waals surface area contributed by atoms with E-state index >= 15 is 0 Å². The maximum absolute atomic E-state index is 13.3. The van der Waals surface area contributed by atoms with Gasteiger partial charge in [0.05, 0.1) is 18.0 Å². The summed E-state index contributed by atoms with van der Waals surface area (Å²) in [4.78, 5) is 19.8. The standard InChI is InChI=1S/C17H21F3N6O/c1-24(10-14-23-22-11-25(14)2)16(27)12-5-4-8-26(9-12)15-13(17(18,19)20)6-3-7-21-15/h3,6-7,11-12H,4-5,8-10H2,1-2H3. The molecule has 1 unspecified atom stereocenters. The van der Waals surface area contributed by atoms with Gasteiger partial charge in [0, 0.05) is 33.4 Å². The van der Waals surface area contributed by atoms with Crippen LogP contribution in [0.5, 0.6) is 0 Å². The number of amides is 1. The van der Waals surface area contributed by atoms with E-state index in [1.165, 1.54) is 12.3 Å². The van der Waals surface area contributed by atoms with Crippen molar-refractivity contribution in [2.24, 2.45) is 13.0 Å². The molecule has 3 rings (SSSR count). The number of hydrogen-bond donors (Lipinski definition) is 0. The number of piperidine rings is 1. The fourth-order valence-corrected chi connectivity index (χ4v) is 3.29. The number of anilines is 1. The highest BCUT2D eigenvalue weighted by molar-refractivity contribution is 5.79. The fourth-order valence-electron chi connectivity index (χ4n) is 3.29. The van der Waals surface area contributed by atoms with Gasteiger partial charge in [-0.25, -0.2) is 4.98 Å². The lowest BCUT2D eigenvalue weighted by molar-refractivity contribution is -0.137. The van der Waals surface area contributed by atoms with Crippen LogP contribution in [0.4, 0.5) is 19.0 Å². The van der Waals surface area contributed by atoms with Crippen LogP contribution in [-0.2, 0) is 24.6 Å². The van der Waals surface area contributed by atoms with Gasteiger partial charge < -0.3 is 14.4 Å². The van der Waals surface area contributed by atoms with Crippen molar-refractivity contribution in [1.29, 1.82) is 0 Å². The Kier molecular flexibility index (Phi) is 5.33. The number of rotatable bonds is 4. The Labute approximate surface area is 154 Å². The molecule has 146 valence electrons. The molecule has 3 heterocycles. The minimum Gasteiger partial charge on any atom is -0.355 e. The zero-order chi connectivity index (χ0) is 19.6. The molecule has 1 fully saturated rings. The minimum absolute atomic E-state index is 0.113. The molecule has 0 bridgehead atoms. The molecule has 1 amide bonds. The largest absolute Gasteiger partial charge is 0.419 e. The summed E-state index contributed by atoms with van der Waals surface area (Å²) in [5.41, 5.74) is -0.773. The topological polar surface area (TPSA) is 67.2 Å². The molecule has 0 saturated carbocycles. The number of carbonyl (C=O) groups is 1. The lowest BCUT2D eigenvalue weighted by Crippen LogP contribution is -2.44. The van der Waals surface area contributed by atoms with Crippen molar-refractivity contribution in [1.82, 2.24) is 24.6 Å². The van der Waals surface area contributed by atoms with E-state index < -0.39 is 11.7 Å². The highest BCUT2D eigenvalue weighted by atomic mass is 19.4. The Balaban J connectivity index is 1.73. The van der Waals surface area contributed by atoms with Crippen molar-refractivity contribution in [2.75, 3.05) is 25.0 Å². The molecule has 10 heteroatoms. The van der Waals surface area contributed by atoms with Crippen LogP contribution in [0, 0.1) is 5.92 Å². The SMILES string of the molecule is CN(Cc1nncn1C)C(=O)C1CCCN(c2ncccc2C(F)(F)F)C1. The predicted octanol–water partition coefficient (Wildman–Crippen LogP) is 2.10. The highest BCUT2D eigenvalue weighted by Gasteiger charge is 2.37. The van der Waals surface area contributed by atoms with E-state index in [0.717, 1.165) is 6.07 Å². The van der Waals surface area contributed by atoms with Gasteiger partial charge in [0.25, 0.3) is 0 Å². The Hall–Kier alpha value is -2.65. The summed E-state index contributed by atoms with van der Waals surface area (Å²) in [7, 11) is 3.45. The van der Waals surface area contributed by atoms with Crippen LogP contribution in [0.1, 0.15) is 24.2 Å². The Morgan fingerprint density at radius 1 is 1.41 bits per heavy atom. The smallest absolute Gasteiger partial charge is 0.355 e. The van der Waals surface area contributed by atoms with Crippen molar-refractivity contribution in [3.63, 3.8) is 0 Å². The lowest BCUT2D eigenvalue weighted by atomic mass is 9.96. The molecule has 0 radical (unpaired) electrons. The molecule has 7 nitrogen and oxygen atoms in total. The van der Waals surface area contributed by atoms with Crippen molar-refractivity contribution >= 4 is 11.7 Å². The van der Waals surface area contributed by atoms with Crippen molar-refractivity contribution < 1.29 is 18.0 Å². The molecule has 2 aromatic rings. The van der Waals surface area contributed by atoms with Crippen LogP contribution < -0.4 is 4.90 Å². The zero-order valence-corrected chi connectivity index (χ0v) is 15.1. The van der Waals surface area contributed by atoms with Gasteiger partial charge in [-0.2, -0.15) is 13.2 Å². The van der Waals surface area contributed by atoms with Gasteiger partial charge in [-0.3, -0.25) is 4.79 Å². The summed E-state index contributed by atoms with van der Waals surface area (Å²) in [5.74, 6) is 0.0216. The molecular formula is C17H21F3N6O. The van der Waals surface area contributed by atoms with Crippen molar-refractivity contribution in [3.8, 4) is 0 Å². The van der Waals surface area contributed by atoms with Gasteiger partial charge in [-0.15, -0.1) is 10.2 Å². The third kappa shape index (κ3) is 4.20. The van der Waals surface area contributed by atoms with E-state index in [1.54, 1.807) is 34.8 Å². The fraction of sp³-hybridized carbons (Fsp3) is 0.529. The van der Waals surface area contributed by atoms with E-state index in [2.05, 4.69) is 15.2 Å². The van der Waals surface area contributed by atoms with Crippen LogP contribution >= 0.6 is 0 Å². The van der Waals surface area contributed by atoms with Crippen LogP contribution in [0.3, 0.4) is 0 Å². The monoisotopic (exact) mass is 382 g/mol. The zero-order valence-electron chi connectivity index (χ0n) is 15.1. The average molecular weight is 382 g/mol. The van der Waals surface area contributed by atoms with Crippen LogP contribution in [0.15, 0.2) is 24.7 Å². The number of aryl methyl sites for hydroxylation is 1. The number of aromatic nitrogens is 4. The second-order valence-corrected chi connectivity index (χ2v) is 6.71. The molecule has 0 N–H and O–H groups in total. The first-order valence-electron chi connectivity index (χ1n) is 8.62. The summed E-state index contributed by atoms with van der Waals surface area (Å²) >= 11 is 0. The molecule has 0 spiro atoms. The first-order chi connectivity index (χ1) is 12.8. The van der Waals surface area contributed by atoms with E-state index in [4.69, 9.17) is 0 Å². The third-order valence-electron chi connectivity index (χ3n) is 4.72. The van der Waals surface area contributed by atoms with Crippen LogP contribution in [0.2, 0.25) is 0 Å². The summed E-state index contributed by atoms with van der Waals surface area (Å²) in [5, 5.41) is 7.74. The van der Waals surface area contributed by atoms with Crippen molar-refractivity contribution in [2.45, 2.75) is 25.6 Å². The van der Waals surface area contributed by atoms with Gasteiger partial charge in [-0.1, -0.05) is 0 Å². The van der Waals surface area contributed by atoms with Gasteiger partial charge in [0.1, 0.15) is 12.1 Å². The van der Waals surface area contributed by atoms with Gasteiger partial charge in [0.2, 0.25) is 5.91 Å². The summed E-state index contributed by atoms with van der Waals surface area (Å²) < 4.78 is 41.6. The van der Waals surface area contributed by atoms with E-state index in [-0.39, 0.29) is 24.2 Å². The van der Waals surface area contributed by atoms with E-state index in [9.17, 15) is 18.0 Å². The number of nitrogens with zero attached hydrogens (tertiary/aromatic N) is 6. The number of pyridine rings is 1. The average Bonchev–Trinajstić information content (AvgIpc) is 3.05. The molecule has 1 saturated heterocycles. The van der Waals surface area contributed by atoms with E-state index in [0.29, 0.717) is 31.8 Å². The summed E-state index contributed by atoms with van der Waals surface area (Å²) in [6.45, 7) is 0.947. The maximum Gasteiger partial charge on any atom is 0.419 e. The molecule has 27 heavy (non-hydrogen) atoms. The first kappa shape index (κ1) is 19.1. The second-order valence-electron chi connectivity index (χ2n) is 6.71. The Bertz CT molecular complexity index is 806. The third-order valence-corrected chi connectivity index (χ3v) is 4.72. The van der Waals surface area contributed by atoms with Gasteiger partial charge in [-0.05, 0) is 25.0 Å². The van der Waals surface area contributed by atoms with Crippen LogP contribution in [-0.4, -0.2) is 50.7 Å². The Morgan fingerprint density at radius 2 is 2.19 bits per heavy atom. The van der Waals surface area contributed by atoms with Crippen LogP contribution in [0.25, 0.3) is 0 Å². The molecule has 0 aromatic carbocycles. The molecule has 1 atom stereocenters. The molecule has 1 aliphatic heterocycles. The number of carbonyl (C=O) groups excluding carboxylic acids is 1. The molecule has 1 aliphatic rings. The number of hydrogen-bond acceptors (Lipinski definition) is 5. The summed E-state index contributed by atoms with van der Waals surface area (Å²) in [6.07, 6.45) is -0.330. The Morgan fingerprint density at radius 3 is 2.85 bits per heavy atom. The number of halogens is 3. The highest BCUT2D eigenvalue weighted by Crippen LogP contribution is 2.36. The lowest BCUT2D eigenvalue weighted by Gasteiger charge is -2.35. The van der Waals surface area contributed by atoms with Crippen molar-refractivity contribution in [3.05, 3.63) is 36.0 Å². The maximum atomic E-state index is 13.3. The number of alkyl halides is 3. The van der Waals surface area contributed by atoms with Gasteiger partial charge >= 0.3 is 6.18 Å².